The number of rotatable bonds is 7. The highest BCUT2D eigenvalue weighted by molar-refractivity contribution is 7.12. The minimum atomic E-state index is -4.43. The standard InChI is InChI=1S/C25H24F3NO3S.C2H6/c1-16-11-17(13-29-10-9-19(14-29)24(30)31)7-8-22(16)32-15-20-12-21(18-5-3-2-4-6-18)23(33-20)25(26,27)28;1-2/h2-8,11-12,19H,9-10,13-15H2,1H3,(H,30,31);1-2H3. The number of halogens is 3. The van der Waals surface area contributed by atoms with Gasteiger partial charge in [-0.15, -0.1) is 11.3 Å². The van der Waals surface area contributed by atoms with Crippen LogP contribution in [-0.2, 0) is 24.1 Å². The monoisotopic (exact) mass is 505 g/mol. The summed E-state index contributed by atoms with van der Waals surface area (Å²) in [6.07, 6.45) is -3.78. The lowest BCUT2D eigenvalue weighted by molar-refractivity contribution is -0.141. The smallest absolute Gasteiger partial charge is 0.426 e. The molecule has 1 aliphatic rings. The molecule has 1 aliphatic heterocycles. The van der Waals surface area contributed by atoms with Crippen molar-refractivity contribution in [3.8, 4) is 16.9 Å². The van der Waals surface area contributed by atoms with Crippen LogP contribution >= 0.6 is 11.3 Å². The lowest BCUT2D eigenvalue weighted by atomic mass is 10.1. The van der Waals surface area contributed by atoms with E-state index in [1.165, 1.54) is 0 Å². The summed E-state index contributed by atoms with van der Waals surface area (Å²) < 4.78 is 46.6. The van der Waals surface area contributed by atoms with Crippen LogP contribution in [0.4, 0.5) is 13.2 Å². The Labute approximate surface area is 208 Å². The summed E-state index contributed by atoms with van der Waals surface area (Å²) in [5.41, 5.74) is 2.63. The van der Waals surface area contributed by atoms with Crippen LogP contribution in [0.5, 0.6) is 5.75 Å². The molecule has 1 fully saturated rings. The van der Waals surface area contributed by atoms with Gasteiger partial charge in [0.25, 0.3) is 0 Å². The maximum atomic E-state index is 13.6. The maximum absolute atomic E-state index is 13.6. The molecule has 0 saturated carbocycles. The third-order valence-corrected chi connectivity index (χ3v) is 6.92. The van der Waals surface area contributed by atoms with Gasteiger partial charge in [-0.1, -0.05) is 56.3 Å². The molecule has 1 N–H and O–H groups in total. The van der Waals surface area contributed by atoms with Crippen molar-refractivity contribution >= 4 is 17.3 Å². The van der Waals surface area contributed by atoms with Gasteiger partial charge in [-0.05, 0) is 48.7 Å². The molecule has 0 bridgehead atoms. The second-order valence-corrected chi connectivity index (χ2v) is 9.40. The van der Waals surface area contributed by atoms with Gasteiger partial charge in [0, 0.05) is 23.5 Å². The molecule has 35 heavy (non-hydrogen) atoms. The molecule has 2 aromatic carbocycles. The largest absolute Gasteiger partial charge is 0.488 e. The van der Waals surface area contributed by atoms with E-state index in [0.29, 0.717) is 47.0 Å². The molecule has 4 nitrogen and oxygen atoms in total. The number of aliphatic carboxylic acids is 1. The van der Waals surface area contributed by atoms with Crippen molar-refractivity contribution in [2.45, 2.75) is 46.5 Å². The lowest BCUT2D eigenvalue weighted by Gasteiger charge is -2.16. The number of alkyl halides is 3. The summed E-state index contributed by atoms with van der Waals surface area (Å²) in [5.74, 6) is -0.455. The molecule has 1 aromatic heterocycles. The highest BCUT2D eigenvalue weighted by Crippen LogP contribution is 2.43. The fraction of sp³-hybridized carbons (Fsp3) is 0.370. The predicted octanol–water partition coefficient (Wildman–Crippen LogP) is 7.25. The first-order chi connectivity index (χ1) is 16.7. The van der Waals surface area contributed by atoms with Gasteiger partial charge in [-0.3, -0.25) is 9.69 Å². The summed E-state index contributed by atoms with van der Waals surface area (Å²) in [6.45, 7) is 7.89. The van der Waals surface area contributed by atoms with Gasteiger partial charge >= 0.3 is 12.1 Å². The first-order valence-corrected chi connectivity index (χ1v) is 12.4. The van der Waals surface area contributed by atoms with E-state index in [4.69, 9.17) is 9.84 Å². The van der Waals surface area contributed by atoms with Crippen LogP contribution in [0.25, 0.3) is 11.1 Å². The van der Waals surface area contributed by atoms with Crippen molar-refractivity contribution in [2.24, 2.45) is 5.92 Å². The number of ether oxygens (including phenoxy) is 1. The van der Waals surface area contributed by atoms with Crippen LogP contribution in [0.1, 0.15) is 41.1 Å². The van der Waals surface area contributed by atoms with Gasteiger partial charge < -0.3 is 9.84 Å². The third-order valence-electron chi connectivity index (χ3n) is 5.76. The molecule has 0 spiro atoms. The van der Waals surface area contributed by atoms with E-state index >= 15 is 0 Å². The molecule has 1 atom stereocenters. The van der Waals surface area contributed by atoms with Gasteiger partial charge in [-0.2, -0.15) is 13.2 Å². The van der Waals surface area contributed by atoms with Crippen LogP contribution in [0, 0.1) is 12.8 Å². The van der Waals surface area contributed by atoms with E-state index in [1.807, 2.05) is 39.0 Å². The molecule has 2 heterocycles. The van der Waals surface area contributed by atoms with Crippen LogP contribution in [0.2, 0.25) is 0 Å². The summed E-state index contributed by atoms with van der Waals surface area (Å²) in [5, 5.41) is 9.15. The molecule has 8 heteroatoms. The summed E-state index contributed by atoms with van der Waals surface area (Å²) in [6, 6.07) is 15.8. The zero-order valence-corrected chi connectivity index (χ0v) is 20.9. The van der Waals surface area contributed by atoms with E-state index in [9.17, 15) is 18.0 Å². The molecule has 0 amide bonds. The number of thiophene rings is 1. The fourth-order valence-electron chi connectivity index (χ4n) is 4.11. The average molecular weight is 506 g/mol. The number of carbonyl (C=O) groups is 1. The van der Waals surface area contributed by atoms with Crippen LogP contribution < -0.4 is 4.74 Å². The Bertz CT molecular complexity index is 1130. The number of hydrogen-bond acceptors (Lipinski definition) is 4. The van der Waals surface area contributed by atoms with Crippen molar-refractivity contribution in [1.29, 1.82) is 0 Å². The van der Waals surface area contributed by atoms with E-state index in [1.54, 1.807) is 36.4 Å². The first kappa shape index (κ1) is 26.8. The average Bonchev–Trinajstić information content (AvgIpc) is 3.48. The Hall–Kier alpha value is -2.84. The molecule has 0 aliphatic carbocycles. The van der Waals surface area contributed by atoms with Gasteiger partial charge in [0.05, 0.1) is 5.92 Å². The van der Waals surface area contributed by atoms with Crippen molar-refractivity contribution in [2.75, 3.05) is 13.1 Å². The second-order valence-electron chi connectivity index (χ2n) is 8.27. The molecule has 188 valence electrons. The van der Waals surface area contributed by atoms with Gasteiger partial charge in [0.1, 0.15) is 17.2 Å². The predicted molar refractivity (Wildman–Crippen MR) is 133 cm³/mol. The van der Waals surface area contributed by atoms with Crippen LogP contribution in [-0.4, -0.2) is 29.1 Å². The third kappa shape index (κ3) is 6.86. The lowest BCUT2D eigenvalue weighted by Crippen LogP contribution is -2.22. The Kier molecular flexibility index (Phi) is 8.97. The normalized spacial score (nSPS) is 16.0. The van der Waals surface area contributed by atoms with Gasteiger partial charge in [0.15, 0.2) is 0 Å². The van der Waals surface area contributed by atoms with Crippen molar-refractivity contribution < 1.29 is 27.8 Å². The summed E-state index contributed by atoms with van der Waals surface area (Å²) >= 11 is 0.709. The number of carboxylic acid groups (broad SMARTS) is 1. The molecular formula is C27H30F3NO3S. The van der Waals surface area contributed by atoms with E-state index in [-0.39, 0.29) is 18.1 Å². The number of nitrogens with zero attached hydrogens (tertiary/aromatic N) is 1. The van der Waals surface area contributed by atoms with E-state index in [2.05, 4.69) is 4.90 Å². The number of aryl methyl sites for hydroxylation is 1. The fourth-order valence-corrected chi connectivity index (χ4v) is 5.07. The Morgan fingerprint density at radius 3 is 2.46 bits per heavy atom. The zero-order valence-electron chi connectivity index (χ0n) is 20.1. The van der Waals surface area contributed by atoms with Crippen molar-refractivity contribution in [3.05, 3.63) is 75.5 Å². The van der Waals surface area contributed by atoms with Gasteiger partial charge in [-0.25, -0.2) is 0 Å². The molecule has 3 aromatic rings. The summed E-state index contributed by atoms with van der Waals surface area (Å²) in [7, 11) is 0. The molecule has 0 radical (unpaired) electrons. The van der Waals surface area contributed by atoms with Crippen molar-refractivity contribution in [1.82, 2.24) is 4.90 Å². The summed E-state index contributed by atoms with van der Waals surface area (Å²) in [4.78, 5) is 13.1. The zero-order chi connectivity index (χ0) is 25.6. The molecule has 1 unspecified atom stereocenters. The molecular weight excluding hydrogens is 475 g/mol. The Balaban J connectivity index is 0.00000167. The quantitative estimate of drug-likeness (QED) is 0.367. The minimum Gasteiger partial charge on any atom is -0.488 e. The first-order valence-electron chi connectivity index (χ1n) is 11.6. The Morgan fingerprint density at radius 1 is 1.14 bits per heavy atom. The SMILES string of the molecule is CC.Cc1cc(CN2CCC(C(=O)O)C2)ccc1OCc1cc(-c2ccccc2)c(C(F)(F)F)s1. The number of hydrogen-bond donors (Lipinski definition) is 1. The topological polar surface area (TPSA) is 49.8 Å². The van der Waals surface area contributed by atoms with Crippen molar-refractivity contribution in [3.63, 3.8) is 0 Å². The maximum Gasteiger partial charge on any atom is 0.426 e. The Morgan fingerprint density at radius 2 is 1.86 bits per heavy atom. The van der Waals surface area contributed by atoms with Crippen LogP contribution in [0.3, 0.4) is 0 Å². The van der Waals surface area contributed by atoms with Gasteiger partial charge in [0.2, 0.25) is 0 Å². The molecule has 4 rings (SSSR count). The van der Waals surface area contributed by atoms with E-state index < -0.39 is 17.0 Å². The van der Waals surface area contributed by atoms with E-state index in [0.717, 1.165) is 17.7 Å². The highest BCUT2D eigenvalue weighted by atomic mass is 32.1. The second kappa shape index (κ2) is 11.7. The highest BCUT2D eigenvalue weighted by Gasteiger charge is 2.36. The molecule has 1 saturated heterocycles. The number of benzene rings is 2. The number of carboxylic acids is 1. The minimum absolute atomic E-state index is 0.0488. The number of likely N-dealkylation sites (tertiary alicyclic amines) is 1. The van der Waals surface area contributed by atoms with Crippen LogP contribution in [0.15, 0.2) is 54.6 Å².